The van der Waals surface area contributed by atoms with Gasteiger partial charge in [0.25, 0.3) is 11.8 Å². The van der Waals surface area contributed by atoms with Gasteiger partial charge in [0.15, 0.2) is 0 Å². The van der Waals surface area contributed by atoms with Gasteiger partial charge in [0, 0.05) is 29.8 Å². The quantitative estimate of drug-likeness (QED) is 0.191. The number of hydrogen-bond donors (Lipinski definition) is 4. The van der Waals surface area contributed by atoms with Crippen molar-refractivity contribution < 1.29 is 29.5 Å². The van der Waals surface area contributed by atoms with Crippen molar-refractivity contribution in [2.75, 3.05) is 5.75 Å². The van der Waals surface area contributed by atoms with Crippen LogP contribution in [0.15, 0.2) is 0 Å². The van der Waals surface area contributed by atoms with Gasteiger partial charge in [-0.2, -0.15) is 16.8 Å². The molecule has 0 aromatic heterocycles. The van der Waals surface area contributed by atoms with Gasteiger partial charge in [-0.15, -0.1) is 0 Å². The fraction of sp³-hybridized carbons (Fsp3) is 0.789. The van der Waals surface area contributed by atoms with Crippen molar-refractivity contribution in [3.63, 3.8) is 0 Å². The van der Waals surface area contributed by atoms with Gasteiger partial charge in [0.2, 0.25) is 0 Å². The Labute approximate surface area is 174 Å². The summed E-state index contributed by atoms with van der Waals surface area (Å²) >= 11 is 1.87. The second-order valence-corrected chi connectivity index (χ2v) is 8.97. The molecule has 3 heterocycles. The van der Waals surface area contributed by atoms with Crippen LogP contribution in [0.2, 0.25) is 0 Å². The summed E-state index contributed by atoms with van der Waals surface area (Å²) in [4.78, 5) is 43.5. The number of unbranched alkanes of at least 4 members (excludes halogenated alkanes) is 3. The SMILES string of the molecule is CCCCCC1CC(=O)N(O)C1=O.O=C(O)CCCC[C@@H]1SC[C@@H]2NC(=O)N[C@@H]21. The molecule has 3 rings (SSSR count). The van der Waals surface area contributed by atoms with Crippen LogP contribution in [0.5, 0.6) is 0 Å². The van der Waals surface area contributed by atoms with E-state index in [2.05, 4.69) is 17.6 Å². The highest BCUT2D eigenvalue weighted by Crippen LogP contribution is 2.33. The number of imide groups is 1. The van der Waals surface area contributed by atoms with Crippen molar-refractivity contribution >= 4 is 35.6 Å². The molecule has 10 heteroatoms. The molecular formula is C19H31N3O6S. The minimum atomic E-state index is -0.729. The Balaban J connectivity index is 0.000000212. The molecule has 0 saturated carbocycles. The molecular weight excluding hydrogens is 398 g/mol. The molecule has 0 aromatic rings. The lowest BCUT2D eigenvalue weighted by Crippen LogP contribution is -2.36. The normalized spacial score (nSPS) is 27.9. The first-order chi connectivity index (χ1) is 13.8. The highest BCUT2D eigenvalue weighted by atomic mass is 32.2. The summed E-state index contributed by atoms with van der Waals surface area (Å²) in [6.07, 6.45) is 6.90. The molecule has 3 aliphatic rings. The number of carboxylic acids is 1. The van der Waals surface area contributed by atoms with E-state index in [9.17, 15) is 19.2 Å². The number of nitrogens with one attached hydrogen (secondary N) is 2. The third-order valence-electron chi connectivity index (χ3n) is 5.44. The zero-order valence-electron chi connectivity index (χ0n) is 16.8. The number of nitrogens with zero attached hydrogens (tertiary/aromatic N) is 1. The summed E-state index contributed by atoms with van der Waals surface area (Å²) in [5.41, 5.74) is 0. The van der Waals surface area contributed by atoms with E-state index in [-0.39, 0.29) is 41.9 Å². The summed E-state index contributed by atoms with van der Waals surface area (Å²) in [5.74, 6) is -0.933. The van der Waals surface area contributed by atoms with E-state index < -0.39 is 17.8 Å². The minimum absolute atomic E-state index is 0.0640. The molecule has 0 radical (unpaired) electrons. The molecule has 4 atom stereocenters. The number of aliphatic carboxylic acids is 1. The molecule has 3 saturated heterocycles. The van der Waals surface area contributed by atoms with Crippen molar-refractivity contribution in [2.45, 2.75) is 82.0 Å². The highest BCUT2D eigenvalue weighted by molar-refractivity contribution is 8.00. The summed E-state index contributed by atoms with van der Waals surface area (Å²) in [7, 11) is 0. The van der Waals surface area contributed by atoms with E-state index in [1.54, 1.807) is 0 Å². The molecule has 4 N–H and O–H groups in total. The number of hydroxylamine groups is 2. The number of fused-ring (bicyclic) bond motifs is 1. The number of carbonyl (C=O) groups excluding carboxylic acids is 3. The van der Waals surface area contributed by atoms with Crippen LogP contribution in [0.25, 0.3) is 0 Å². The van der Waals surface area contributed by atoms with Gasteiger partial charge < -0.3 is 15.7 Å². The molecule has 0 aliphatic carbocycles. The maximum Gasteiger partial charge on any atom is 0.315 e. The third-order valence-corrected chi connectivity index (χ3v) is 6.95. The van der Waals surface area contributed by atoms with Gasteiger partial charge in [-0.3, -0.25) is 19.6 Å². The molecule has 0 bridgehead atoms. The summed E-state index contributed by atoms with van der Waals surface area (Å²) in [6, 6.07) is 0.440. The minimum Gasteiger partial charge on any atom is -0.481 e. The monoisotopic (exact) mass is 429 g/mol. The fourth-order valence-corrected chi connectivity index (χ4v) is 5.36. The number of rotatable bonds is 9. The highest BCUT2D eigenvalue weighted by Gasteiger charge is 2.42. The lowest BCUT2D eigenvalue weighted by molar-refractivity contribution is -0.172. The molecule has 0 aromatic carbocycles. The van der Waals surface area contributed by atoms with Gasteiger partial charge in [-0.25, -0.2) is 4.79 Å². The van der Waals surface area contributed by atoms with E-state index in [1.165, 1.54) is 0 Å². The third kappa shape index (κ3) is 6.88. The molecule has 29 heavy (non-hydrogen) atoms. The van der Waals surface area contributed by atoms with Crippen LogP contribution in [0.4, 0.5) is 4.79 Å². The summed E-state index contributed by atoms with van der Waals surface area (Å²) in [5, 5.41) is 24.0. The second-order valence-electron chi connectivity index (χ2n) is 7.70. The average Bonchev–Trinajstić information content (AvgIpc) is 3.29. The van der Waals surface area contributed by atoms with Gasteiger partial charge >= 0.3 is 12.0 Å². The lowest BCUT2D eigenvalue weighted by Gasteiger charge is -2.16. The van der Waals surface area contributed by atoms with Gasteiger partial charge in [0.1, 0.15) is 0 Å². The fourth-order valence-electron chi connectivity index (χ4n) is 3.81. The Morgan fingerprint density at radius 3 is 2.48 bits per heavy atom. The number of thioether (sulfide) groups is 1. The van der Waals surface area contributed by atoms with E-state index >= 15 is 0 Å². The predicted molar refractivity (Wildman–Crippen MR) is 107 cm³/mol. The Morgan fingerprint density at radius 2 is 1.86 bits per heavy atom. The van der Waals surface area contributed by atoms with E-state index in [4.69, 9.17) is 10.3 Å². The smallest absolute Gasteiger partial charge is 0.315 e. The molecule has 3 fully saturated rings. The maximum absolute atomic E-state index is 11.2. The Kier molecular flexibility index (Phi) is 9.22. The van der Waals surface area contributed by atoms with Gasteiger partial charge in [-0.05, 0) is 19.3 Å². The van der Waals surface area contributed by atoms with Crippen molar-refractivity contribution in [3.05, 3.63) is 0 Å². The van der Waals surface area contributed by atoms with Crippen molar-refractivity contribution in [2.24, 2.45) is 5.92 Å². The van der Waals surface area contributed by atoms with Crippen LogP contribution in [0, 0.1) is 5.92 Å². The van der Waals surface area contributed by atoms with Crippen LogP contribution in [-0.2, 0) is 14.4 Å². The Hall–Kier alpha value is -1.81. The number of hydrogen-bond acceptors (Lipinski definition) is 6. The zero-order valence-corrected chi connectivity index (χ0v) is 17.6. The number of carbonyl (C=O) groups is 4. The molecule has 0 spiro atoms. The second kappa shape index (κ2) is 11.4. The van der Waals surface area contributed by atoms with Crippen molar-refractivity contribution in [1.29, 1.82) is 0 Å². The number of amides is 4. The van der Waals surface area contributed by atoms with Crippen LogP contribution < -0.4 is 10.6 Å². The van der Waals surface area contributed by atoms with Gasteiger partial charge in [-0.1, -0.05) is 32.6 Å². The summed E-state index contributed by atoms with van der Waals surface area (Å²) < 4.78 is 0. The maximum atomic E-state index is 11.2. The van der Waals surface area contributed by atoms with Crippen LogP contribution in [0.1, 0.15) is 64.7 Å². The van der Waals surface area contributed by atoms with Crippen LogP contribution in [-0.4, -0.2) is 62.3 Å². The van der Waals surface area contributed by atoms with Crippen LogP contribution >= 0.6 is 11.8 Å². The van der Waals surface area contributed by atoms with Crippen molar-refractivity contribution in [1.82, 2.24) is 15.7 Å². The van der Waals surface area contributed by atoms with Crippen molar-refractivity contribution in [3.8, 4) is 0 Å². The molecule has 164 valence electrons. The van der Waals surface area contributed by atoms with E-state index in [0.717, 1.165) is 50.7 Å². The molecule has 9 nitrogen and oxygen atoms in total. The topological polar surface area (TPSA) is 136 Å². The first kappa shape index (κ1) is 23.5. The first-order valence-corrected chi connectivity index (χ1v) is 11.3. The zero-order chi connectivity index (χ0) is 21.4. The molecule has 4 amide bonds. The molecule has 3 aliphatic heterocycles. The molecule has 1 unspecified atom stereocenters. The Bertz CT molecular complexity index is 617. The van der Waals surface area contributed by atoms with E-state index in [0.29, 0.717) is 5.25 Å². The number of carboxylic acid groups (broad SMARTS) is 1. The summed E-state index contributed by atoms with van der Waals surface area (Å²) in [6.45, 7) is 2.08. The first-order valence-electron chi connectivity index (χ1n) is 10.3. The largest absolute Gasteiger partial charge is 0.481 e. The van der Waals surface area contributed by atoms with Gasteiger partial charge in [0.05, 0.1) is 12.1 Å². The van der Waals surface area contributed by atoms with Crippen LogP contribution in [0.3, 0.4) is 0 Å². The predicted octanol–water partition coefficient (Wildman–Crippen LogP) is 2.13. The lowest BCUT2D eigenvalue weighted by atomic mass is 10.00. The van der Waals surface area contributed by atoms with E-state index in [1.807, 2.05) is 11.8 Å². The number of urea groups is 1. The standard InChI is InChI=1S/C10H16N2O3S.C9H15NO3/c13-8(14)4-2-1-3-7-9-6(5-16-7)11-10(15)12-9;1-2-3-4-5-7-6-8(11)10(13)9(7)12/h6-7,9H,1-5H2,(H,13,14)(H2,11,12,15);7,13H,2-6H2,1H3/t6-,7-,9-;/m0./s1. The average molecular weight is 430 g/mol. The Morgan fingerprint density at radius 1 is 1.14 bits per heavy atom.